The highest BCUT2D eigenvalue weighted by Crippen LogP contribution is 2.38. The van der Waals surface area contributed by atoms with E-state index in [1.165, 1.54) is 0 Å². The second kappa shape index (κ2) is 7.17. The van der Waals surface area contributed by atoms with Crippen LogP contribution in [0.1, 0.15) is 36.0 Å². The van der Waals surface area contributed by atoms with Gasteiger partial charge in [-0.1, -0.05) is 0 Å². The average Bonchev–Trinajstić information content (AvgIpc) is 3.30. The van der Waals surface area contributed by atoms with Gasteiger partial charge in [0.2, 0.25) is 0 Å². The van der Waals surface area contributed by atoms with E-state index in [-0.39, 0.29) is 24.2 Å². The predicted octanol–water partition coefficient (Wildman–Crippen LogP) is 2.85. The fraction of sp³-hybridized carbons (Fsp3) is 0.565. The summed E-state index contributed by atoms with van der Waals surface area (Å²) in [5.74, 6) is 1.47. The number of fused-ring (bicyclic) bond motifs is 5. The molecule has 3 aliphatic rings. The maximum absolute atomic E-state index is 12.8. The number of hydrogen-bond acceptors (Lipinski definition) is 5. The van der Waals surface area contributed by atoms with E-state index in [9.17, 15) is 9.59 Å². The minimum atomic E-state index is -0.238. The minimum Gasteiger partial charge on any atom is -0.483 e. The van der Waals surface area contributed by atoms with E-state index in [0.717, 1.165) is 67.3 Å². The number of amides is 1. The molecule has 2 heterocycles. The fourth-order valence-electron chi connectivity index (χ4n) is 5.61. The van der Waals surface area contributed by atoms with Crippen molar-refractivity contribution in [3.05, 3.63) is 39.2 Å². The second-order valence-corrected chi connectivity index (χ2v) is 8.65. The Hall–Kier alpha value is -2.34. The van der Waals surface area contributed by atoms with Crippen molar-refractivity contribution in [2.75, 3.05) is 26.8 Å². The van der Waals surface area contributed by atoms with Crippen LogP contribution in [0.25, 0.3) is 11.0 Å². The Bertz CT molecular complexity index is 1010. The first-order chi connectivity index (χ1) is 14.1. The molecule has 1 aromatic heterocycles. The van der Waals surface area contributed by atoms with E-state index in [1.807, 2.05) is 24.0 Å². The number of hydrogen-bond donors (Lipinski definition) is 0. The standard InChI is InChI=1S/C23H27NO5/c1-13-19(9-8-17-16-4-3-5-18(16)23(26)29-21(13)17)28-12-20(25)24-10-14-6-7-15(11-24)22(14)27-2/h8-9,14-15,22H,3-7,10-12H2,1-2H3/t14-,15+,22?. The number of piperidine rings is 1. The Morgan fingerprint density at radius 1 is 1.17 bits per heavy atom. The molecule has 0 N–H and O–H groups in total. The molecular formula is C23H27NO5. The lowest BCUT2D eigenvalue weighted by molar-refractivity contribution is -0.138. The van der Waals surface area contributed by atoms with Gasteiger partial charge in [0.05, 0.1) is 6.10 Å². The van der Waals surface area contributed by atoms with Gasteiger partial charge in [-0.2, -0.15) is 0 Å². The minimum absolute atomic E-state index is 0.00138. The molecule has 2 aromatic rings. The number of aryl methyl sites for hydroxylation is 2. The van der Waals surface area contributed by atoms with Crippen molar-refractivity contribution >= 4 is 16.9 Å². The molecule has 5 rings (SSSR count). The molecule has 6 heteroatoms. The van der Waals surface area contributed by atoms with E-state index in [1.54, 1.807) is 7.11 Å². The average molecular weight is 397 g/mol. The summed E-state index contributed by atoms with van der Waals surface area (Å²) in [7, 11) is 1.77. The summed E-state index contributed by atoms with van der Waals surface area (Å²) >= 11 is 0. The van der Waals surface area contributed by atoms with Crippen LogP contribution >= 0.6 is 0 Å². The number of carbonyl (C=O) groups is 1. The highest BCUT2D eigenvalue weighted by molar-refractivity contribution is 5.86. The molecule has 2 aliphatic carbocycles. The first-order valence-electron chi connectivity index (χ1n) is 10.6. The number of likely N-dealkylation sites (tertiary alicyclic amines) is 1. The number of carbonyl (C=O) groups excluding carboxylic acids is 1. The van der Waals surface area contributed by atoms with Gasteiger partial charge in [0, 0.05) is 48.5 Å². The van der Waals surface area contributed by atoms with Gasteiger partial charge in [-0.3, -0.25) is 4.79 Å². The van der Waals surface area contributed by atoms with Gasteiger partial charge < -0.3 is 18.8 Å². The molecule has 1 amide bonds. The van der Waals surface area contributed by atoms with Gasteiger partial charge in [0.1, 0.15) is 11.3 Å². The number of methoxy groups -OCH3 is 1. The molecule has 6 nitrogen and oxygen atoms in total. The highest BCUT2D eigenvalue weighted by atomic mass is 16.5. The molecule has 3 atom stereocenters. The van der Waals surface area contributed by atoms with Gasteiger partial charge in [-0.05, 0) is 56.7 Å². The summed E-state index contributed by atoms with van der Waals surface area (Å²) in [6, 6.07) is 3.85. The molecule has 1 aromatic carbocycles. The van der Waals surface area contributed by atoms with Crippen LogP contribution in [-0.2, 0) is 22.4 Å². The van der Waals surface area contributed by atoms with Crippen LogP contribution in [0.15, 0.2) is 21.3 Å². The van der Waals surface area contributed by atoms with E-state index >= 15 is 0 Å². The van der Waals surface area contributed by atoms with E-state index in [2.05, 4.69) is 0 Å². The summed E-state index contributed by atoms with van der Waals surface area (Å²) in [5, 5.41) is 0.992. The number of ether oxygens (including phenoxy) is 2. The van der Waals surface area contributed by atoms with Crippen LogP contribution in [0.4, 0.5) is 0 Å². The Kier molecular flexibility index (Phi) is 4.62. The van der Waals surface area contributed by atoms with Crippen molar-refractivity contribution in [3.63, 3.8) is 0 Å². The molecule has 1 saturated heterocycles. The smallest absolute Gasteiger partial charge is 0.339 e. The van der Waals surface area contributed by atoms with E-state index in [0.29, 0.717) is 23.2 Å². The Morgan fingerprint density at radius 3 is 2.62 bits per heavy atom. The maximum Gasteiger partial charge on any atom is 0.339 e. The number of nitrogens with zero attached hydrogens (tertiary/aromatic N) is 1. The molecule has 2 bridgehead atoms. The largest absolute Gasteiger partial charge is 0.483 e. The van der Waals surface area contributed by atoms with Crippen LogP contribution < -0.4 is 10.4 Å². The zero-order valence-corrected chi connectivity index (χ0v) is 17.0. The molecule has 154 valence electrons. The van der Waals surface area contributed by atoms with Gasteiger partial charge in [-0.15, -0.1) is 0 Å². The molecular weight excluding hydrogens is 370 g/mol. The van der Waals surface area contributed by atoms with Crippen LogP contribution in [0.2, 0.25) is 0 Å². The lowest BCUT2D eigenvalue weighted by atomic mass is 9.95. The zero-order valence-electron chi connectivity index (χ0n) is 17.0. The number of benzene rings is 1. The Labute approximate surface area is 169 Å². The highest BCUT2D eigenvalue weighted by Gasteiger charge is 2.43. The SMILES string of the molecule is COC1[C@@H]2CC[C@H]1CN(C(=O)COc1ccc3c4c(c(=O)oc3c1C)CCC4)C2. The van der Waals surface area contributed by atoms with Crippen LogP contribution in [-0.4, -0.2) is 43.7 Å². The quantitative estimate of drug-likeness (QED) is 0.742. The maximum atomic E-state index is 12.8. The van der Waals surface area contributed by atoms with Crippen LogP contribution in [0, 0.1) is 18.8 Å². The van der Waals surface area contributed by atoms with Crippen molar-refractivity contribution in [1.82, 2.24) is 4.90 Å². The van der Waals surface area contributed by atoms with Crippen molar-refractivity contribution in [1.29, 1.82) is 0 Å². The molecule has 1 aliphatic heterocycles. The normalized spacial score (nSPS) is 25.4. The number of rotatable bonds is 4. The van der Waals surface area contributed by atoms with E-state index in [4.69, 9.17) is 13.9 Å². The third-order valence-electron chi connectivity index (χ3n) is 7.06. The molecule has 1 unspecified atom stereocenters. The molecule has 0 spiro atoms. The monoisotopic (exact) mass is 397 g/mol. The lowest BCUT2D eigenvalue weighted by Gasteiger charge is -2.37. The van der Waals surface area contributed by atoms with Crippen LogP contribution in [0.3, 0.4) is 0 Å². The van der Waals surface area contributed by atoms with Crippen molar-refractivity contribution in [2.24, 2.45) is 11.8 Å². The zero-order chi connectivity index (χ0) is 20.1. The topological polar surface area (TPSA) is 69.0 Å². The summed E-state index contributed by atoms with van der Waals surface area (Å²) in [6.45, 7) is 3.37. The van der Waals surface area contributed by atoms with Gasteiger partial charge in [0.25, 0.3) is 5.91 Å². The first kappa shape index (κ1) is 18.7. The molecule has 29 heavy (non-hydrogen) atoms. The predicted molar refractivity (Wildman–Crippen MR) is 108 cm³/mol. The Morgan fingerprint density at radius 2 is 1.90 bits per heavy atom. The van der Waals surface area contributed by atoms with Gasteiger partial charge >= 0.3 is 5.63 Å². The third kappa shape index (κ3) is 3.05. The van der Waals surface area contributed by atoms with Crippen LogP contribution in [0.5, 0.6) is 5.75 Å². The van der Waals surface area contributed by atoms with E-state index < -0.39 is 0 Å². The second-order valence-electron chi connectivity index (χ2n) is 8.65. The summed E-state index contributed by atoms with van der Waals surface area (Å²) in [6.07, 6.45) is 5.23. The molecule has 1 saturated carbocycles. The first-order valence-corrected chi connectivity index (χ1v) is 10.6. The van der Waals surface area contributed by atoms with Crippen molar-refractivity contribution in [2.45, 2.75) is 45.1 Å². The molecule has 2 fully saturated rings. The lowest BCUT2D eigenvalue weighted by Crippen LogP contribution is -2.49. The summed E-state index contributed by atoms with van der Waals surface area (Å²) < 4.78 is 17.1. The van der Waals surface area contributed by atoms with Crippen molar-refractivity contribution < 1.29 is 18.7 Å². The van der Waals surface area contributed by atoms with Crippen molar-refractivity contribution in [3.8, 4) is 5.75 Å². The summed E-state index contributed by atoms with van der Waals surface area (Å²) in [4.78, 5) is 27.0. The van der Waals surface area contributed by atoms with Gasteiger partial charge in [-0.25, -0.2) is 4.79 Å². The summed E-state index contributed by atoms with van der Waals surface area (Å²) in [5.41, 5.74) is 3.05. The Balaban J connectivity index is 1.32. The van der Waals surface area contributed by atoms with Gasteiger partial charge in [0.15, 0.2) is 6.61 Å². The third-order valence-corrected chi connectivity index (χ3v) is 7.06. The molecule has 0 radical (unpaired) electrons. The fourth-order valence-corrected chi connectivity index (χ4v) is 5.61.